The third kappa shape index (κ3) is 6.23. The third-order valence-electron chi connectivity index (χ3n) is 2.94. The molecule has 0 fully saturated rings. The summed E-state index contributed by atoms with van der Waals surface area (Å²) >= 11 is 0. The van der Waals surface area contributed by atoms with Crippen molar-refractivity contribution in [3.63, 3.8) is 0 Å². The van der Waals surface area contributed by atoms with Crippen molar-refractivity contribution < 1.29 is 32.4 Å². The van der Waals surface area contributed by atoms with Crippen LogP contribution in [-0.4, -0.2) is 41.7 Å². The Morgan fingerprint density at radius 3 is 2.32 bits per heavy atom. The van der Waals surface area contributed by atoms with Gasteiger partial charge in [0.2, 0.25) is 0 Å². The Labute approximate surface area is 128 Å². The van der Waals surface area contributed by atoms with Gasteiger partial charge in [-0.3, -0.25) is 14.1 Å². The topological polar surface area (TPSA) is 118 Å². The van der Waals surface area contributed by atoms with Crippen LogP contribution in [0.4, 0.5) is 0 Å². The molecule has 0 saturated heterocycles. The Balaban J connectivity index is 2.46. The van der Waals surface area contributed by atoms with Crippen molar-refractivity contribution in [3.05, 3.63) is 29.8 Å². The summed E-state index contributed by atoms with van der Waals surface area (Å²) < 4.78 is 36.4. The number of benzene rings is 1. The van der Waals surface area contributed by atoms with Gasteiger partial charge in [-0.25, -0.2) is 0 Å². The van der Waals surface area contributed by atoms with Gasteiger partial charge >= 0.3 is 5.97 Å². The van der Waals surface area contributed by atoms with E-state index in [-0.39, 0.29) is 19.4 Å². The molecule has 0 spiro atoms. The zero-order chi connectivity index (χ0) is 16.8. The summed E-state index contributed by atoms with van der Waals surface area (Å²) in [6, 6.07) is 7.26. The molecule has 8 heteroatoms. The van der Waals surface area contributed by atoms with Crippen LogP contribution in [0.3, 0.4) is 0 Å². The Morgan fingerprint density at radius 2 is 1.82 bits per heavy atom. The van der Waals surface area contributed by atoms with E-state index in [0.29, 0.717) is 5.75 Å². The average molecular weight is 330 g/mol. The number of aliphatic carboxylic acids is 1. The van der Waals surface area contributed by atoms with E-state index in [4.69, 9.17) is 14.4 Å². The maximum Gasteiger partial charge on any atom is 0.305 e. The lowest BCUT2D eigenvalue weighted by molar-refractivity contribution is -0.138. The maximum atomic E-state index is 11.7. The predicted molar refractivity (Wildman–Crippen MR) is 78.5 cm³/mol. The van der Waals surface area contributed by atoms with Crippen LogP contribution in [0.1, 0.15) is 24.8 Å². The molecule has 7 nitrogen and oxygen atoms in total. The highest BCUT2D eigenvalue weighted by molar-refractivity contribution is 7.87. The standard InChI is InChI=1S/C14H18O7S/c1-10-4-6-11(7-5-10)21-8-2-3-12(15)13(9-14(16)17)22(18,19)20/h4-7,13H,2-3,8-9H2,1H3,(H,16,17)(H,18,19,20). The lowest BCUT2D eigenvalue weighted by atomic mass is 10.1. The van der Waals surface area contributed by atoms with Crippen LogP contribution in [0.15, 0.2) is 24.3 Å². The molecule has 0 bridgehead atoms. The second-order valence-electron chi connectivity index (χ2n) is 4.83. The molecule has 0 aliphatic carbocycles. The van der Waals surface area contributed by atoms with Crippen LogP contribution in [0.5, 0.6) is 5.75 Å². The van der Waals surface area contributed by atoms with E-state index in [1.807, 2.05) is 19.1 Å². The zero-order valence-electron chi connectivity index (χ0n) is 12.1. The van der Waals surface area contributed by atoms with Gasteiger partial charge in [0.1, 0.15) is 5.75 Å². The predicted octanol–water partition coefficient (Wildman–Crippen LogP) is 1.45. The SMILES string of the molecule is Cc1ccc(OCCCC(=O)C(CC(=O)O)S(=O)(=O)O)cc1. The van der Waals surface area contributed by atoms with Crippen molar-refractivity contribution in [2.24, 2.45) is 0 Å². The van der Waals surface area contributed by atoms with Gasteiger partial charge in [-0.1, -0.05) is 17.7 Å². The van der Waals surface area contributed by atoms with Crippen molar-refractivity contribution in [1.29, 1.82) is 0 Å². The number of hydrogen-bond acceptors (Lipinski definition) is 5. The molecular formula is C14H18O7S. The number of carbonyl (C=O) groups excluding carboxylic acids is 1. The van der Waals surface area contributed by atoms with Gasteiger partial charge in [-0.15, -0.1) is 0 Å². The highest BCUT2D eigenvalue weighted by atomic mass is 32.2. The number of ether oxygens (including phenoxy) is 1. The Hall–Kier alpha value is -1.93. The number of carboxylic acids is 1. The molecule has 1 rings (SSSR count). The fourth-order valence-corrected chi connectivity index (χ4v) is 2.58. The number of hydrogen-bond donors (Lipinski definition) is 2. The highest BCUT2D eigenvalue weighted by Gasteiger charge is 2.32. The summed E-state index contributed by atoms with van der Waals surface area (Å²) in [5, 5.41) is 6.66. The fourth-order valence-electron chi connectivity index (χ4n) is 1.78. The maximum absolute atomic E-state index is 11.7. The lowest BCUT2D eigenvalue weighted by Crippen LogP contribution is -2.32. The number of rotatable bonds is 9. The lowest BCUT2D eigenvalue weighted by Gasteiger charge is -2.11. The summed E-state index contributed by atoms with van der Waals surface area (Å²) in [6.45, 7) is 2.11. The van der Waals surface area contributed by atoms with Crippen molar-refractivity contribution in [2.45, 2.75) is 31.4 Å². The number of carboxylic acid groups (broad SMARTS) is 1. The number of aryl methyl sites for hydroxylation is 1. The monoisotopic (exact) mass is 330 g/mol. The van der Waals surface area contributed by atoms with Crippen molar-refractivity contribution in [2.75, 3.05) is 6.61 Å². The van der Waals surface area contributed by atoms with Gasteiger partial charge in [0, 0.05) is 6.42 Å². The van der Waals surface area contributed by atoms with Crippen molar-refractivity contribution in [1.82, 2.24) is 0 Å². The smallest absolute Gasteiger partial charge is 0.305 e. The largest absolute Gasteiger partial charge is 0.494 e. The second kappa shape index (κ2) is 7.90. The average Bonchev–Trinajstić information content (AvgIpc) is 2.41. The number of Topliss-reactive ketones (excluding diaryl/α,β-unsaturated/α-hetero) is 1. The van der Waals surface area contributed by atoms with E-state index in [9.17, 15) is 18.0 Å². The van der Waals surface area contributed by atoms with E-state index in [1.165, 1.54) is 0 Å². The Morgan fingerprint density at radius 1 is 1.23 bits per heavy atom. The summed E-state index contributed by atoms with van der Waals surface area (Å²) in [4.78, 5) is 22.3. The zero-order valence-corrected chi connectivity index (χ0v) is 12.9. The summed E-state index contributed by atoms with van der Waals surface area (Å²) in [5.74, 6) is -1.68. The van der Waals surface area contributed by atoms with E-state index < -0.39 is 33.5 Å². The normalized spacial score (nSPS) is 12.6. The fraction of sp³-hybridized carbons (Fsp3) is 0.429. The van der Waals surface area contributed by atoms with Gasteiger partial charge in [0.15, 0.2) is 11.0 Å². The van der Waals surface area contributed by atoms with Crippen LogP contribution < -0.4 is 4.74 Å². The van der Waals surface area contributed by atoms with Crippen LogP contribution in [0, 0.1) is 6.92 Å². The van der Waals surface area contributed by atoms with Crippen LogP contribution in [0.2, 0.25) is 0 Å². The first-order valence-corrected chi connectivity index (χ1v) is 8.10. The molecule has 0 amide bonds. The minimum absolute atomic E-state index is 0.181. The Kier molecular flexibility index (Phi) is 6.51. The van der Waals surface area contributed by atoms with Gasteiger partial charge in [0.25, 0.3) is 10.1 Å². The molecule has 0 aromatic heterocycles. The molecule has 0 heterocycles. The molecule has 1 aromatic carbocycles. The molecule has 122 valence electrons. The molecular weight excluding hydrogens is 312 g/mol. The van der Waals surface area contributed by atoms with Crippen molar-refractivity contribution >= 4 is 21.9 Å². The molecule has 0 aliphatic heterocycles. The van der Waals surface area contributed by atoms with Crippen molar-refractivity contribution in [3.8, 4) is 5.75 Å². The summed E-state index contributed by atoms with van der Waals surface area (Å²) in [5.41, 5.74) is 1.08. The third-order valence-corrected chi connectivity index (χ3v) is 4.08. The molecule has 1 unspecified atom stereocenters. The molecule has 2 N–H and O–H groups in total. The first-order valence-electron chi connectivity index (χ1n) is 6.60. The van der Waals surface area contributed by atoms with Gasteiger partial charge < -0.3 is 9.84 Å². The minimum atomic E-state index is -4.72. The second-order valence-corrected chi connectivity index (χ2v) is 6.43. The molecule has 0 aliphatic rings. The van der Waals surface area contributed by atoms with E-state index in [2.05, 4.69) is 0 Å². The highest BCUT2D eigenvalue weighted by Crippen LogP contribution is 2.13. The van der Waals surface area contributed by atoms with Crippen LogP contribution >= 0.6 is 0 Å². The summed E-state index contributed by atoms with van der Waals surface area (Å²) in [7, 11) is -4.72. The van der Waals surface area contributed by atoms with Crippen LogP contribution in [0.25, 0.3) is 0 Å². The molecule has 1 aromatic rings. The number of ketones is 1. The van der Waals surface area contributed by atoms with E-state index in [0.717, 1.165) is 5.56 Å². The molecule has 0 saturated carbocycles. The van der Waals surface area contributed by atoms with E-state index >= 15 is 0 Å². The van der Waals surface area contributed by atoms with Crippen LogP contribution in [-0.2, 0) is 19.7 Å². The quantitative estimate of drug-likeness (QED) is 0.519. The number of carbonyl (C=O) groups is 2. The van der Waals surface area contributed by atoms with E-state index in [1.54, 1.807) is 12.1 Å². The van der Waals surface area contributed by atoms with Gasteiger partial charge in [0.05, 0.1) is 13.0 Å². The summed E-state index contributed by atoms with van der Waals surface area (Å²) in [6.07, 6.45) is -0.918. The first kappa shape index (κ1) is 18.1. The Bertz CT molecular complexity index is 619. The molecule has 1 atom stereocenters. The molecule has 22 heavy (non-hydrogen) atoms. The first-order chi connectivity index (χ1) is 10.2. The minimum Gasteiger partial charge on any atom is -0.494 e. The molecule has 0 radical (unpaired) electrons. The van der Waals surface area contributed by atoms with Gasteiger partial charge in [-0.2, -0.15) is 8.42 Å². The van der Waals surface area contributed by atoms with Gasteiger partial charge in [-0.05, 0) is 25.5 Å².